The van der Waals surface area contributed by atoms with Crippen LogP contribution in [0.2, 0.25) is 0 Å². The minimum Gasteiger partial charge on any atom is -0.469 e. The zero-order valence-corrected chi connectivity index (χ0v) is 12.7. The van der Waals surface area contributed by atoms with Crippen molar-refractivity contribution < 1.29 is 34.3 Å². The number of hydrogen-bond acceptors (Lipinski definition) is 6. The van der Waals surface area contributed by atoms with Gasteiger partial charge in [-0.1, -0.05) is 0 Å². The normalized spacial score (nSPS) is 10.4. The minimum absolute atomic E-state index is 0.0905. The Kier molecular flexibility index (Phi) is 14.3. The Morgan fingerprint density at radius 1 is 0.905 bits per heavy atom. The molecule has 0 saturated heterocycles. The standard InChI is InChI=1S/C13H26N2O6/c1-18-13(17)3-2-12(16)15-5-7-20-9-11-21-10-8-19-6-4-14/h2-11,14H2,1H3,(H,15,16)/p+1. The Morgan fingerprint density at radius 2 is 1.48 bits per heavy atom. The fourth-order valence-electron chi connectivity index (χ4n) is 1.31. The number of carbonyl (C=O) groups is 2. The third-order valence-corrected chi connectivity index (χ3v) is 2.39. The second-order valence-corrected chi connectivity index (χ2v) is 4.12. The van der Waals surface area contributed by atoms with E-state index in [-0.39, 0.29) is 18.7 Å². The number of carbonyl (C=O) groups excluding carboxylic acids is 2. The van der Waals surface area contributed by atoms with Gasteiger partial charge in [-0.05, 0) is 0 Å². The third kappa shape index (κ3) is 15.0. The Bertz CT molecular complexity index is 275. The highest BCUT2D eigenvalue weighted by Crippen LogP contribution is 1.91. The van der Waals surface area contributed by atoms with Crippen LogP contribution in [0.4, 0.5) is 0 Å². The first kappa shape index (κ1) is 19.8. The van der Waals surface area contributed by atoms with Gasteiger partial charge in [0.2, 0.25) is 5.91 Å². The van der Waals surface area contributed by atoms with Crippen molar-refractivity contribution >= 4 is 11.9 Å². The topological polar surface area (TPSA) is 111 Å². The van der Waals surface area contributed by atoms with E-state index in [0.29, 0.717) is 46.2 Å². The first-order chi connectivity index (χ1) is 10.2. The Morgan fingerprint density at radius 3 is 2.05 bits per heavy atom. The lowest BCUT2D eigenvalue weighted by Crippen LogP contribution is -2.52. The molecule has 0 rings (SSSR count). The van der Waals surface area contributed by atoms with Crippen molar-refractivity contribution in [2.45, 2.75) is 12.8 Å². The van der Waals surface area contributed by atoms with Crippen LogP contribution in [0.15, 0.2) is 0 Å². The van der Waals surface area contributed by atoms with E-state index in [0.717, 1.165) is 6.54 Å². The molecule has 0 unspecified atom stereocenters. The molecule has 0 radical (unpaired) electrons. The average Bonchev–Trinajstić information content (AvgIpc) is 2.50. The van der Waals surface area contributed by atoms with Crippen molar-refractivity contribution in [1.82, 2.24) is 5.32 Å². The van der Waals surface area contributed by atoms with Crippen LogP contribution in [-0.4, -0.2) is 71.7 Å². The zero-order chi connectivity index (χ0) is 15.8. The van der Waals surface area contributed by atoms with Gasteiger partial charge in [-0.3, -0.25) is 9.59 Å². The van der Waals surface area contributed by atoms with E-state index in [2.05, 4.69) is 15.8 Å². The van der Waals surface area contributed by atoms with Crippen LogP contribution >= 0.6 is 0 Å². The van der Waals surface area contributed by atoms with Gasteiger partial charge in [-0.2, -0.15) is 0 Å². The maximum atomic E-state index is 11.3. The van der Waals surface area contributed by atoms with Crippen LogP contribution in [0, 0.1) is 0 Å². The highest BCUT2D eigenvalue weighted by Gasteiger charge is 2.05. The molecule has 0 aromatic rings. The number of rotatable bonds is 14. The number of esters is 1. The first-order valence-electron chi connectivity index (χ1n) is 7.06. The summed E-state index contributed by atoms with van der Waals surface area (Å²) in [5.74, 6) is -0.583. The number of quaternary nitrogens is 1. The SMILES string of the molecule is COC(=O)CCC(=O)NCCOCCOCCOCC[NH3+]. The molecule has 0 bridgehead atoms. The molecule has 0 saturated carbocycles. The molecule has 0 aromatic carbocycles. The molecule has 0 spiro atoms. The molecule has 8 heteroatoms. The highest BCUT2D eigenvalue weighted by molar-refractivity contribution is 5.81. The molecule has 0 aromatic heterocycles. The number of hydrogen-bond donors (Lipinski definition) is 2. The van der Waals surface area contributed by atoms with Gasteiger partial charge in [-0.25, -0.2) is 0 Å². The summed E-state index contributed by atoms with van der Waals surface area (Å²) in [7, 11) is 1.29. The van der Waals surface area contributed by atoms with Gasteiger partial charge in [0.25, 0.3) is 0 Å². The summed E-state index contributed by atoms with van der Waals surface area (Å²) in [4.78, 5) is 22.1. The Balaban J connectivity index is 3.18. The highest BCUT2D eigenvalue weighted by atomic mass is 16.5. The van der Waals surface area contributed by atoms with Crippen LogP contribution in [0.3, 0.4) is 0 Å². The lowest BCUT2D eigenvalue weighted by Gasteiger charge is -2.07. The number of methoxy groups -OCH3 is 1. The summed E-state index contributed by atoms with van der Waals surface area (Å²) in [6.07, 6.45) is 0.219. The molecule has 0 atom stereocenters. The van der Waals surface area contributed by atoms with Gasteiger partial charge in [0.15, 0.2) is 0 Å². The van der Waals surface area contributed by atoms with Crippen LogP contribution < -0.4 is 11.1 Å². The van der Waals surface area contributed by atoms with Crippen molar-refractivity contribution in [3.05, 3.63) is 0 Å². The molecular weight excluding hydrogens is 280 g/mol. The predicted octanol–water partition coefficient (Wildman–Crippen LogP) is -1.65. The van der Waals surface area contributed by atoms with Crippen molar-refractivity contribution in [2.75, 3.05) is 59.8 Å². The van der Waals surface area contributed by atoms with Gasteiger partial charge < -0.3 is 30.0 Å². The van der Waals surface area contributed by atoms with E-state index in [1.165, 1.54) is 7.11 Å². The maximum Gasteiger partial charge on any atom is 0.306 e. The van der Waals surface area contributed by atoms with Gasteiger partial charge in [0.1, 0.15) is 0 Å². The third-order valence-electron chi connectivity index (χ3n) is 2.39. The van der Waals surface area contributed by atoms with Crippen molar-refractivity contribution in [3.8, 4) is 0 Å². The second kappa shape index (κ2) is 15.2. The van der Waals surface area contributed by atoms with Crippen molar-refractivity contribution in [2.24, 2.45) is 0 Å². The van der Waals surface area contributed by atoms with Crippen molar-refractivity contribution in [3.63, 3.8) is 0 Å². The monoisotopic (exact) mass is 307 g/mol. The zero-order valence-electron chi connectivity index (χ0n) is 12.7. The van der Waals surface area contributed by atoms with Crippen LogP contribution in [0.25, 0.3) is 0 Å². The van der Waals surface area contributed by atoms with Crippen LogP contribution in [0.5, 0.6) is 0 Å². The van der Waals surface area contributed by atoms with Gasteiger partial charge >= 0.3 is 5.97 Å². The quantitative estimate of drug-likeness (QED) is 0.294. The molecule has 0 aliphatic heterocycles. The second-order valence-electron chi connectivity index (χ2n) is 4.12. The van der Waals surface area contributed by atoms with E-state index < -0.39 is 5.97 Å². The summed E-state index contributed by atoms with van der Waals surface area (Å²) < 4.78 is 20.2. The summed E-state index contributed by atoms with van der Waals surface area (Å²) in [5.41, 5.74) is 3.66. The van der Waals surface area contributed by atoms with E-state index in [4.69, 9.17) is 14.2 Å². The van der Waals surface area contributed by atoms with Crippen LogP contribution in [0.1, 0.15) is 12.8 Å². The lowest BCUT2D eigenvalue weighted by atomic mass is 10.3. The lowest BCUT2D eigenvalue weighted by molar-refractivity contribution is -0.374. The fraction of sp³-hybridized carbons (Fsp3) is 0.846. The molecule has 0 heterocycles. The Hall–Kier alpha value is -1.22. The molecule has 4 N–H and O–H groups in total. The van der Waals surface area contributed by atoms with E-state index in [1.807, 2.05) is 0 Å². The summed E-state index contributed by atoms with van der Waals surface area (Å²) in [6, 6.07) is 0. The van der Waals surface area contributed by atoms with E-state index in [9.17, 15) is 9.59 Å². The average molecular weight is 307 g/mol. The molecule has 0 aliphatic rings. The molecule has 0 fully saturated rings. The largest absolute Gasteiger partial charge is 0.469 e. The summed E-state index contributed by atoms with van der Waals surface area (Å²) in [6.45, 7) is 4.28. The van der Waals surface area contributed by atoms with Crippen molar-refractivity contribution in [1.29, 1.82) is 0 Å². The molecule has 21 heavy (non-hydrogen) atoms. The van der Waals surface area contributed by atoms with E-state index >= 15 is 0 Å². The molecule has 8 nitrogen and oxygen atoms in total. The molecule has 124 valence electrons. The number of ether oxygens (including phenoxy) is 4. The first-order valence-corrected chi connectivity index (χ1v) is 7.06. The van der Waals surface area contributed by atoms with E-state index in [1.54, 1.807) is 0 Å². The van der Waals surface area contributed by atoms with Gasteiger partial charge in [0, 0.05) is 13.0 Å². The fourth-order valence-corrected chi connectivity index (χ4v) is 1.31. The number of amides is 1. The summed E-state index contributed by atoms with van der Waals surface area (Å²) >= 11 is 0. The summed E-state index contributed by atoms with van der Waals surface area (Å²) in [5, 5.41) is 2.65. The van der Waals surface area contributed by atoms with Gasteiger partial charge in [0.05, 0.1) is 59.7 Å². The van der Waals surface area contributed by atoms with Gasteiger partial charge in [-0.15, -0.1) is 0 Å². The maximum absolute atomic E-state index is 11.3. The molecule has 0 aliphatic carbocycles. The molecule has 1 amide bonds. The van der Waals surface area contributed by atoms with Crippen LogP contribution in [-0.2, 0) is 28.5 Å². The number of nitrogens with one attached hydrogen (secondary N) is 1. The predicted molar refractivity (Wildman–Crippen MR) is 74.5 cm³/mol. The Labute approximate surface area is 125 Å². The minimum atomic E-state index is -0.391. The molecular formula is C13H27N2O6+. The smallest absolute Gasteiger partial charge is 0.306 e.